The number of hydrogen-bond donors (Lipinski definition) is 1. The van der Waals surface area contributed by atoms with Gasteiger partial charge in [0.15, 0.2) is 0 Å². The third-order valence-corrected chi connectivity index (χ3v) is 4.78. The highest BCUT2D eigenvalue weighted by Crippen LogP contribution is 2.44. The van der Waals surface area contributed by atoms with Gasteiger partial charge < -0.3 is 9.84 Å². The number of rotatable bonds is 3. The number of aliphatic hydroxyl groups excluding tert-OH is 1. The Morgan fingerprint density at radius 2 is 1.90 bits per heavy atom. The molecule has 1 aliphatic carbocycles. The van der Waals surface area contributed by atoms with Crippen molar-refractivity contribution in [1.29, 1.82) is 0 Å². The molecule has 1 atom stereocenters. The molecule has 1 unspecified atom stereocenters. The molecule has 0 heterocycles. The fourth-order valence-corrected chi connectivity index (χ4v) is 3.38. The number of aryl methyl sites for hydroxylation is 2. The number of ether oxygens (including phenoxy) is 1. The summed E-state index contributed by atoms with van der Waals surface area (Å²) in [5.41, 5.74) is 1.42. The minimum absolute atomic E-state index is 0.329. The topological polar surface area (TPSA) is 29.5 Å². The number of halogens is 1. The van der Waals surface area contributed by atoms with Crippen molar-refractivity contribution in [2.45, 2.75) is 58.2 Å². The predicted molar refractivity (Wildman–Crippen MR) is 78.2 cm³/mol. The number of benzene rings is 1. The highest BCUT2D eigenvalue weighted by atomic mass is 19.1. The van der Waals surface area contributed by atoms with E-state index in [1.54, 1.807) is 7.11 Å². The molecule has 20 heavy (non-hydrogen) atoms. The molecule has 0 aliphatic heterocycles. The van der Waals surface area contributed by atoms with Crippen LogP contribution in [0.15, 0.2) is 12.1 Å². The molecule has 1 N–H and O–H groups in total. The van der Waals surface area contributed by atoms with Crippen molar-refractivity contribution in [3.63, 3.8) is 0 Å². The Kier molecular flexibility index (Phi) is 4.50. The van der Waals surface area contributed by atoms with Crippen molar-refractivity contribution < 1.29 is 14.2 Å². The minimum Gasteiger partial charge on any atom is -0.385 e. The summed E-state index contributed by atoms with van der Waals surface area (Å²) in [7, 11) is 1.63. The van der Waals surface area contributed by atoms with Gasteiger partial charge in [-0.05, 0) is 62.6 Å². The standard InChI is InChI=1S/C17H25FO2/c1-11-5-7-17(20-4,8-6-11)16(19)15-13(3)9-12(2)10-14(15)18/h9-11,16,19H,5-8H2,1-4H3. The van der Waals surface area contributed by atoms with E-state index in [2.05, 4.69) is 6.92 Å². The zero-order chi connectivity index (χ0) is 14.9. The van der Waals surface area contributed by atoms with Gasteiger partial charge in [-0.1, -0.05) is 13.0 Å². The quantitative estimate of drug-likeness (QED) is 0.904. The normalized spacial score (nSPS) is 28.4. The van der Waals surface area contributed by atoms with E-state index >= 15 is 0 Å². The maximum Gasteiger partial charge on any atom is 0.129 e. The van der Waals surface area contributed by atoms with E-state index in [0.717, 1.165) is 36.8 Å². The highest BCUT2D eigenvalue weighted by Gasteiger charge is 2.43. The molecule has 0 spiro atoms. The van der Waals surface area contributed by atoms with Crippen LogP contribution in [0.2, 0.25) is 0 Å². The molecule has 2 rings (SSSR count). The molecule has 1 aromatic rings. The van der Waals surface area contributed by atoms with Gasteiger partial charge in [0.25, 0.3) is 0 Å². The number of hydrogen-bond acceptors (Lipinski definition) is 2. The maximum absolute atomic E-state index is 14.3. The summed E-state index contributed by atoms with van der Waals surface area (Å²) in [4.78, 5) is 0. The molecule has 1 saturated carbocycles. The van der Waals surface area contributed by atoms with E-state index in [1.807, 2.05) is 19.9 Å². The Balaban J connectivity index is 2.36. The molecule has 1 aromatic carbocycles. The van der Waals surface area contributed by atoms with E-state index in [-0.39, 0.29) is 5.82 Å². The lowest BCUT2D eigenvalue weighted by Gasteiger charge is -2.42. The summed E-state index contributed by atoms with van der Waals surface area (Å²) in [6.07, 6.45) is 2.67. The second-order valence-corrected chi connectivity index (χ2v) is 6.33. The van der Waals surface area contributed by atoms with Crippen molar-refractivity contribution in [2.75, 3.05) is 7.11 Å². The zero-order valence-electron chi connectivity index (χ0n) is 12.9. The van der Waals surface area contributed by atoms with Gasteiger partial charge in [0, 0.05) is 12.7 Å². The van der Waals surface area contributed by atoms with Gasteiger partial charge in [-0.3, -0.25) is 0 Å². The molecule has 3 heteroatoms. The van der Waals surface area contributed by atoms with Crippen LogP contribution in [0.5, 0.6) is 0 Å². The first-order chi connectivity index (χ1) is 9.39. The average molecular weight is 280 g/mol. The molecule has 0 aromatic heterocycles. The molecule has 112 valence electrons. The smallest absolute Gasteiger partial charge is 0.129 e. The summed E-state index contributed by atoms with van der Waals surface area (Å²) in [5.74, 6) is 0.319. The van der Waals surface area contributed by atoms with Crippen LogP contribution in [0.3, 0.4) is 0 Å². The largest absolute Gasteiger partial charge is 0.385 e. The Hall–Kier alpha value is -0.930. The molecule has 0 amide bonds. The molecule has 2 nitrogen and oxygen atoms in total. The van der Waals surface area contributed by atoms with E-state index in [4.69, 9.17) is 4.74 Å². The third kappa shape index (κ3) is 2.75. The van der Waals surface area contributed by atoms with Gasteiger partial charge in [0.05, 0.1) is 5.60 Å². The Bertz CT molecular complexity index is 453. The molecular formula is C17H25FO2. The van der Waals surface area contributed by atoms with Crippen molar-refractivity contribution in [2.24, 2.45) is 5.92 Å². The monoisotopic (exact) mass is 280 g/mol. The first kappa shape index (κ1) is 15.5. The highest BCUT2D eigenvalue weighted by molar-refractivity contribution is 5.35. The molecule has 0 saturated heterocycles. The van der Waals surface area contributed by atoms with E-state index in [0.29, 0.717) is 11.5 Å². The summed E-state index contributed by atoms with van der Waals surface area (Å²) in [6.45, 7) is 5.92. The van der Waals surface area contributed by atoms with Crippen LogP contribution < -0.4 is 0 Å². The van der Waals surface area contributed by atoms with Crippen LogP contribution in [0.25, 0.3) is 0 Å². The number of methoxy groups -OCH3 is 1. The number of aliphatic hydroxyl groups is 1. The Morgan fingerprint density at radius 1 is 1.30 bits per heavy atom. The van der Waals surface area contributed by atoms with Crippen LogP contribution in [0.1, 0.15) is 55.4 Å². The van der Waals surface area contributed by atoms with Crippen molar-refractivity contribution >= 4 is 0 Å². The predicted octanol–water partition coefficient (Wildman–Crippen LogP) is 4.07. The molecule has 0 radical (unpaired) electrons. The molecule has 1 fully saturated rings. The summed E-state index contributed by atoms with van der Waals surface area (Å²) in [5, 5.41) is 10.8. The lowest BCUT2D eigenvalue weighted by atomic mass is 9.74. The molecule has 1 aliphatic rings. The third-order valence-electron chi connectivity index (χ3n) is 4.78. The molecule has 0 bridgehead atoms. The fraction of sp³-hybridized carbons (Fsp3) is 0.647. The molecular weight excluding hydrogens is 255 g/mol. The lowest BCUT2D eigenvalue weighted by molar-refractivity contribution is -0.131. The van der Waals surface area contributed by atoms with E-state index in [9.17, 15) is 9.50 Å². The van der Waals surface area contributed by atoms with Crippen molar-refractivity contribution in [3.05, 3.63) is 34.6 Å². The van der Waals surface area contributed by atoms with E-state index in [1.165, 1.54) is 6.07 Å². The second-order valence-electron chi connectivity index (χ2n) is 6.33. The first-order valence-corrected chi connectivity index (χ1v) is 7.39. The van der Waals surface area contributed by atoms with Gasteiger partial charge in [-0.15, -0.1) is 0 Å². The first-order valence-electron chi connectivity index (χ1n) is 7.39. The van der Waals surface area contributed by atoms with Crippen LogP contribution in [0, 0.1) is 25.6 Å². The maximum atomic E-state index is 14.3. The Labute approximate surface area is 121 Å². The van der Waals surface area contributed by atoms with Gasteiger partial charge >= 0.3 is 0 Å². The van der Waals surface area contributed by atoms with Crippen LogP contribution in [-0.2, 0) is 4.74 Å². The SMILES string of the molecule is COC1(C(O)c2c(C)cc(C)cc2F)CCC(C)CC1. The zero-order valence-corrected chi connectivity index (χ0v) is 12.9. The van der Waals surface area contributed by atoms with Crippen molar-refractivity contribution in [1.82, 2.24) is 0 Å². The van der Waals surface area contributed by atoms with Gasteiger partial charge in [-0.25, -0.2) is 4.39 Å². The minimum atomic E-state index is -0.902. The van der Waals surface area contributed by atoms with Crippen LogP contribution in [-0.4, -0.2) is 17.8 Å². The second kappa shape index (κ2) is 5.82. The lowest BCUT2D eigenvalue weighted by Crippen LogP contribution is -2.42. The fourth-order valence-electron chi connectivity index (χ4n) is 3.38. The van der Waals surface area contributed by atoms with E-state index < -0.39 is 11.7 Å². The van der Waals surface area contributed by atoms with Crippen molar-refractivity contribution in [3.8, 4) is 0 Å². The van der Waals surface area contributed by atoms with Gasteiger partial charge in [0.1, 0.15) is 11.9 Å². The van der Waals surface area contributed by atoms with Crippen LogP contribution >= 0.6 is 0 Å². The average Bonchev–Trinajstić information content (AvgIpc) is 2.38. The summed E-state index contributed by atoms with van der Waals surface area (Å²) < 4.78 is 20.0. The Morgan fingerprint density at radius 3 is 2.40 bits per heavy atom. The van der Waals surface area contributed by atoms with Crippen LogP contribution in [0.4, 0.5) is 4.39 Å². The summed E-state index contributed by atoms with van der Waals surface area (Å²) in [6, 6.07) is 3.40. The van der Waals surface area contributed by atoms with Gasteiger partial charge in [-0.2, -0.15) is 0 Å². The summed E-state index contributed by atoms with van der Waals surface area (Å²) >= 11 is 0. The van der Waals surface area contributed by atoms with Gasteiger partial charge in [0.2, 0.25) is 0 Å².